The fourth-order valence-electron chi connectivity index (χ4n) is 5.74. The minimum Gasteiger partial charge on any atom is -0.438 e. The van der Waals surface area contributed by atoms with Crippen LogP contribution in [0.2, 0.25) is 0 Å². The Morgan fingerprint density at radius 1 is 0.931 bits per heavy atom. The van der Waals surface area contributed by atoms with Crippen molar-refractivity contribution in [3.8, 4) is 0 Å². The number of carbonyl (C=O) groups is 6. The predicted octanol–water partition coefficient (Wildman–Crippen LogP) is 6.14. The highest BCUT2D eigenvalue weighted by Crippen LogP contribution is 2.67. The highest BCUT2D eigenvalue weighted by Gasteiger charge is 2.56. The third-order valence-corrected chi connectivity index (χ3v) is 11.2. The molecule has 1 heterocycles. The molecule has 1 unspecified atom stereocenters. The van der Waals surface area contributed by atoms with Gasteiger partial charge in [-0.25, -0.2) is 0 Å². The molecular formula is C40H61F2N4O11P. The van der Waals surface area contributed by atoms with Gasteiger partial charge < -0.3 is 30.7 Å². The maximum atomic E-state index is 16.0. The van der Waals surface area contributed by atoms with E-state index in [1.807, 2.05) is 13.8 Å². The van der Waals surface area contributed by atoms with Crippen LogP contribution in [-0.4, -0.2) is 78.7 Å². The molecule has 4 atom stereocenters. The molecule has 1 aliphatic rings. The number of ether oxygens (including phenoxy) is 2. The Labute approximate surface area is 340 Å². The smallest absolute Gasteiger partial charge is 0.410 e. The van der Waals surface area contributed by atoms with Crippen molar-refractivity contribution in [3.63, 3.8) is 0 Å². The van der Waals surface area contributed by atoms with Gasteiger partial charge in [0.25, 0.3) is 0 Å². The van der Waals surface area contributed by atoms with E-state index in [-0.39, 0.29) is 24.3 Å². The van der Waals surface area contributed by atoms with Crippen LogP contribution in [-0.2, 0) is 57.5 Å². The third-order valence-electron chi connectivity index (χ3n) is 9.35. The number of alkyl halides is 2. The van der Waals surface area contributed by atoms with Crippen LogP contribution in [0.1, 0.15) is 119 Å². The van der Waals surface area contributed by atoms with E-state index in [1.54, 1.807) is 13.8 Å². The first-order chi connectivity index (χ1) is 26.7. The summed E-state index contributed by atoms with van der Waals surface area (Å²) in [5, 5.41) is 5.62. The van der Waals surface area contributed by atoms with Crippen molar-refractivity contribution in [2.24, 2.45) is 22.5 Å². The Morgan fingerprint density at radius 2 is 1.47 bits per heavy atom. The van der Waals surface area contributed by atoms with Gasteiger partial charge in [0.2, 0.25) is 37.2 Å². The van der Waals surface area contributed by atoms with Crippen LogP contribution >= 0.6 is 7.60 Å². The van der Waals surface area contributed by atoms with E-state index in [4.69, 9.17) is 24.3 Å². The summed E-state index contributed by atoms with van der Waals surface area (Å²) in [4.78, 5) is 77.6. The second kappa shape index (κ2) is 21.2. The van der Waals surface area contributed by atoms with E-state index in [9.17, 15) is 33.3 Å². The molecule has 4 amide bonds. The number of benzene rings is 1. The van der Waals surface area contributed by atoms with Crippen molar-refractivity contribution in [1.82, 2.24) is 15.5 Å². The quantitative estimate of drug-likeness (QED) is 0.0588. The molecule has 15 nitrogen and oxygen atoms in total. The van der Waals surface area contributed by atoms with Crippen molar-refractivity contribution in [1.29, 1.82) is 0 Å². The second-order valence-corrected chi connectivity index (χ2v) is 18.7. The number of hydrogen-bond acceptors (Lipinski definition) is 11. The van der Waals surface area contributed by atoms with Gasteiger partial charge in [-0.1, -0.05) is 51.0 Å². The average molecular weight is 843 g/mol. The standard InChI is InChI=1S/C40H61F2N4O11P/c1-11-12-13-30(35(50)46-21-20-25(2)33(46)34(49)44-27(4)14-19-31(43)47)45-32(48)22-26(3)28-15-17-29(18-16-28)40(41,42)58(53,56-23-54-36(51)38(5,6)7)57-24-55-37(52)39(8,9)10/h15-18,22,25,27,30,33H,11-14,19-21,23-24H2,1-10H3,(H2,43,47)(H,44,49)(H,45,48)/b26-22+/t25?,27-,30+,33-/m1/s1. The maximum Gasteiger partial charge on any atom is 0.410 e. The minimum absolute atomic E-state index is 0.0980. The fraction of sp³-hybridized carbons (Fsp3) is 0.650. The minimum atomic E-state index is -5.54. The average Bonchev–Trinajstić information content (AvgIpc) is 3.52. The number of primary amides is 1. The van der Waals surface area contributed by atoms with Gasteiger partial charge >= 0.3 is 25.2 Å². The third kappa shape index (κ3) is 14.3. The number of rotatable bonds is 20. The number of amides is 4. The molecule has 0 aromatic heterocycles. The predicted molar refractivity (Wildman–Crippen MR) is 211 cm³/mol. The first-order valence-corrected chi connectivity index (χ1v) is 20.9. The molecule has 1 aromatic rings. The van der Waals surface area contributed by atoms with Gasteiger partial charge in [0.1, 0.15) is 12.1 Å². The van der Waals surface area contributed by atoms with Crippen molar-refractivity contribution in [3.05, 3.63) is 41.5 Å². The van der Waals surface area contributed by atoms with E-state index in [2.05, 4.69) is 10.6 Å². The second-order valence-electron chi connectivity index (χ2n) is 16.7. The monoisotopic (exact) mass is 842 g/mol. The van der Waals surface area contributed by atoms with Gasteiger partial charge in [0, 0.05) is 30.6 Å². The molecule has 2 rings (SSSR count). The number of esters is 2. The number of nitrogens with one attached hydrogen (secondary N) is 2. The molecule has 4 N–H and O–H groups in total. The van der Waals surface area contributed by atoms with Crippen LogP contribution in [0.15, 0.2) is 30.3 Å². The molecule has 0 bridgehead atoms. The van der Waals surface area contributed by atoms with E-state index in [0.29, 0.717) is 43.4 Å². The lowest BCUT2D eigenvalue weighted by Gasteiger charge is -2.31. The summed E-state index contributed by atoms with van der Waals surface area (Å²) >= 11 is 0. The molecule has 1 saturated heterocycles. The molecule has 0 aliphatic carbocycles. The maximum absolute atomic E-state index is 16.0. The molecular weight excluding hydrogens is 781 g/mol. The van der Waals surface area contributed by atoms with Crippen molar-refractivity contribution in [2.45, 2.75) is 132 Å². The van der Waals surface area contributed by atoms with Crippen LogP contribution in [0.5, 0.6) is 0 Å². The highest BCUT2D eigenvalue weighted by atomic mass is 31.2. The summed E-state index contributed by atoms with van der Waals surface area (Å²) in [6.45, 7) is 14.2. The Morgan fingerprint density at radius 3 is 1.95 bits per heavy atom. The zero-order valence-electron chi connectivity index (χ0n) is 35.3. The molecule has 0 spiro atoms. The summed E-state index contributed by atoms with van der Waals surface area (Å²) in [7, 11) is -5.54. The number of nitrogens with two attached hydrogens (primary N) is 1. The first-order valence-electron chi connectivity index (χ1n) is 19.4. The summed E-state index contributed by atoms with van der Waals surface area (Å²) in [6, 6.07) is 2.33. The molecule has 1 aromatic carbocycles. The number of allylic oxidation sites excluding steroid dienone is 1. The summed E-state index contributed by atoms with van der Waals surface area (Å²) in [5.74, 6) is -3.68. The highest BCUT2D eigenvalue weighted by molar-refractivity contribution is 7.54. The molecule has 18 heteroatoms. The molecule has 58 heavy (non-hydrogen) atoms. The number of hydrogen-bond donors (Lipinski definition) is 3. The zero-order valence-corrected chi connectivity index (χ0v) is 36.2. The largest absolute Gasteiger partial charge is 0.438 e. The van der Waals surface area contributed by atoms with E-state index < -0.39 is 85.0 Å². The summed E-state index contributed by atoms with van der Waals surface area (Å²) in [5.41, 5.74) is -1.29. The van der Waals surface area contributed by atoms with E-state index >= 15 is 8.78 Å². The molecule has 1 fully saturated rings. The van der Waals surface area contributed by atoms with Gasteiger partial charge in [-0.2, -0.15) is 8.78 Å². The Bertz CT molecular complexity index is 1670. The van der Waals surface area contributed by atoms with E-state index in [1.165, 1.54) is 64.7 Å². The lowest BCUT2D eigenvalue weighted by molar-refractivity contribution is -0.163. The molecule has 0 saturated carbocycles. The van der Waals surface area contributed by atoms with Gasteiger partial charge in [-0.15, -0.1) is 0 Å². The van der Waals surface area contributed by atoms with Crippen LogP contribution in [0.25, 0.3) is 5.57 Å². The van der Waals surface area contributed by atoms with Gasteiger partial charge in [0.15, 0.2) is 0 Å². The lowest BCUT2D eigenvalue weighted by Crippen LogP contribution is -2.55. The van der Waals surface area contributed by atoms with Gasteiger partial charge in [-0.3, -0.25) is 42.4 Å². The van der Waals surface area contributed by atoms with Crippen molar-refractivity contribution < 1.29 is 60.6 Å². The number of nitrogens with zero attached hydrogens (tertiary/aromatic N) is 1. The number of halogens is 2. The summed E-state index contributed by atoms with van der Waals surface area (Å²) in [6.07, 6.45) is 3.87. The number of likely N-dealkylation sites (tertiary alicyclic amines) is 1. The van der Waals surface area contributed by atoms with Crippen molar-refractivity contribution >= 4 is 48.7 Å². The molecule has 1 aliphatic heterocycles. The SMILES string of the molecule is CCCC[C@H](NC(=O)/C=C(\C)c1ccc(C(F)(F)P(=O)(OCOC(=O)C(C)(C)C)OCOC(=O)C(C)(C)C)cc1)C(=O)N1CCC(C)[C@@H]1C(=O)N[C@H](C)CCC(N)=O. The van der Waals surface area contributed by atoms with Crippen LogP contribution < -0.4 is 16.4 Å². The Hall–Kier alpha value is -4.21. The van der Waals surface area contributed by atoms with Gasteiger partial charge in [-0.05, 0) is 91.7 Å². The summed E-state index contributed by atoms with van der Waals surface area (Å²) < 4.78 is 65.2. The normalized spacial score (nSPS) is 17.6. The first kappa shape index (κ1) is 49.9. The van der Waals surface area contributed by atoms with E-state index in [0.717, 1.165) is 18.6 Å². The fourth-order valence-corrected chi connectivity index (χ4v) is 6.98. The van der Waals surface area contributed by atoms with Crippen LogP contribution in [0, 0.1) is 16.7 Å². The molecule has 326 valence electrons. The van der Waals surface area contributed by atoms with Crippen LogP contribution in [0.4, 0.5) is 8.78 Å². The number of unbranched alkanes of at least 4 members (excludes halogenated alkanes) is 1. The number of carbonyl (C=O) groups excluding carboxylic acids is 6. The van der Waals surface area contributed by atoms with Crippen molar-refractivity contribution in [2.75, 3.05) is 20.1 Å². The van der Waals surface area contributed by atoms with Crippen LogP contribution in [0.3, 0.4) is 0 Å². The lowest BCUT2D eigenvalue weighted by atomic mass is 9.98. The Kier molecular flexibility index (Phi) is 18.2. The Balaban J connectivity index is 2.28. The zero-order chi connectivity index (χ0) is 44.2. The topological polar surface area (TPSA) is 210 Å². The molecule has 0 radical (unpaired) electrons. The van der Waals surface area contributed by atoms with Gasteiger partial charge in [0.05, 0.1) is 10.8 Å².